The van der Waals surface area contributed by atoms with Crippen LogP contribution in [0, 0.1) is 0 Å². The van der Waals surface area contributed by atoms with Crippen molar-refractivity contribution in [3.05, 3.63) is 47.9 Å². The summed E-state index contributed by atoms with van der Waals surface area (Å²) in [6.07, 6.45) is 1.50. The van der Waals surface area contributed by atoms with Gasteiger partial charge in [0.2, 0.25) is 0 Å². The Hall–Kier alpha value is -2.19. The molecule has 1 aliphatic heterocycles. The van der Waals surface area contributed by atoms with Crippen molar-refractivity contribution >= 4 is 39.9 Å². The number of carbonyl (C=O) groups is 1. The van der Waals surface area contributed by atoms with Gasteiger partial charge in [-0.1, -0.05) is 24.0 Å². The smallest absolute Gasteiger partial charge is 0.289 e. The first-order chi connectivity index (χ1) is 12.0. The van der Waals surface area contributed by atoms with Gasteiger partial charge in [0, 0.05) is 43.2 Å². The Labute approximate surface area is 155 Å². The molecule has 2 aromatic rings. The van der Waals surface area contributed by atoms with E-state index in [0.717, 1.165) is 9.88 Å². The second-order valence-electron chi connectivity index (χ2n) is 5.70. The predicted octanol–water partition coefficient (Wildman–Crippen LogP) is 2.54. The topological polar surface area (TPSA) is 82.9 Å². The summed E-state index contributed by atoms with van der Waals surface area (Å²) in [5.41, 5.74) is 7.13. The molecular weight excluding hydrogens is 358 g/mol. The number of rotatable bonds is 3. The van der Waals surface area contributed by atoms with E-state index in [1.165, 1.54) is 18.0 Å². The van der Waals surface area contributed by atoms with Crippen LogP contribution in [0.5, 0.6) is 5.75 Å². The van der Waals surface area contributed by atoms with Crippen molar-refractivity contribution in [2.45, 2.75) is 5.75 Å². The highest BCUT2D eigenvalue weighted by Gasteiger charge is 2.24. The van der Waals surface area contributed by atoms with Crippen molar-refractivity contribution in [3.8, 4) is 5.75 Å². The van der Waals surface area contributed by atoms with E-state index in [9.17, 15) is 9.90 Å². The number of amides is 1. The van der Waals surface area contributed by atoms with Crippen LogP contribution in [-0.2, 0) is 5.75 Å². The Kier molecular flexibility index (Phi) is 5.50. The normalized spacial score (nSPS) is 14.6. The molecule has 0 bridgehead atoms. The van der Waals surface area contributed by atoms with Crippen molar-refractivity contribution in [3.63, 3.8) is 0 Å². The zero-order chi connectivity index (χ0) is 17.8. The van der Waals surface area contributed by atoms with E-state index < -0.39 is 0 Å². The summed E-state index contributed by atoms with van der Waals surface area (Å²) in [6.45, 7) is 2.57. The van der Waals surface area contributed by atoms with E-state index in [0.29, 0.717) is 43.4 Å². The lowest BCUT2D eigenvalue weighted by atomic mass is 10.2. The first-order valence-corrected chi connectivity index (χ1v) is 9.26. The van der Waals surface area contributed by atoms with Crippen LogP contribution in [0.1, 0.15) is 16.1 Å². The molecule has 0 spiro atoms. The molecule has 0 radical (unpaired) electrons. The molecule has 132 valence electrons. The van der Waals surface area contributed by atoms with Gasteiger partial charge in [-0.05, 0) is 30.3 Å². The number of thioether (sulfide) groups is 1. The number of carbonyl (C=O) groups excluding carboxylic acids is 1. The summed E-state index contributed by atoms with van der Waals surface area (Å²) < 4.78 is 5.92. The largest absolute Gasteiger partial charge is 0.508 e. The Bertz CT molecular complexity index is 757. The predicted molar refractivity (Wildman–Crippen MR) is 103 cm³/mol. The molecule has 1 amide bonds. The van der Waals surface area contributed by atoms with Gasteiger partial charge in [-0.2, -0.15) is 0 Å². The fraction of sp³-hybridized carbons (Fsp3) is 0.294. The SMILES string of the molecule is Nc1ccc(O)c(CSC(=S)N2CCN(C(=O)c3ccco3)CC2)c1. The molecule has 1 aromatic heterocycles. The van der Waals surface area contributed by atoms with Crippen molar-refractivity contribution in [1.29, 1.82) is 0 Å². The molecule has 0 unspecified atom stereocenters. The van der Waals surface area contributed by atoms with Crippen molar-refractivity contribution in [1.82, 2.24) is 9.80 Å². The van der Waals surface area contributed by atoms with E-state index >= 15 is 0 Å². The number of anilines is 1. The number of phenols is 1. The van der Waals surface area contributed by atoms with Crippen LogP contribution in [0.2, 0.25) is 0 Å². The molecule has 1 aliphatic rings. The number of nitrogens with two attached hydrogens (primary N) is 1. The Morgan fingerprint density at radius 3 is 2.64 bits per heavy atom. The highest BCUT2D eigenvalue weighted by atomic mass is 32.2. The van der Waals surface area contributed by atoms with Gasteiger partial charge in [-0.25, -0.2) is 0 Å². The van der Waals surface area contributed by atoms with Crippen LogP contribution in [0.4, 0.5) is 5.69 Å². The first-order valence-electron chi connectivity index (χ1n) is 7.86. The number of benzene rings is 1. The Balaban J connectivity index is 1.50. The lowest BCUT2D eigenvalue weighted by molar-refractivity contribution is 0.0663. The zero-order valence-corrected chi connectivity index (χ0v) is 15.2. The third kappa shape index (κ3) is 4.26. The van der Waals surface area contributed by atoms with E-state index in [1.807, 2.05) is 0 Å². The molecule has 1 saturated heterocycles. The molecule has 6 nitrogen and oxygen atoms in total. The number of aromatic hydroxyl groups is 1. The molecule has 2 heterocycles. The van der Waals surface area contributed by atoms with E-state index in [-0.39, 0.29) is 11.7 Å². The van der Waals surface area contributed by atoms with Crippen LogP contribution < -0.4 is 5.73 Å². The number of hydrogen-bond donors (Lipinski definition) is 2. The quantitative estimate of drug-likeness (QED) is 0.483. The Morgan fingerprint density at radius 1 is 1.24 bits per heavy atom. The highest BCUT2D eigenvalue weighted by molar-refractivity contribution is 8.22. The van der Waals surface area contributed by atoms with Crippen LogP contribution in [0.25, 0.3) is 0 Å². The third-order valence-electron chi connectivity index (χ3n) is 4.01. The zero-order valence-electron chi connectivity index (χ0n) is 13.6. The molecular formula is C17H19N3O3S2. The minimum Gasteiger partial charge on any atom is -0.508 e. The standard InChI is InChI=1S/C17H19N3O3S2/c18-13-3-4-14(21)12(10-13)11-25-17(24)20-7-5-19(6-8-20)16(22)15-2-1-9-23-15/h1-4,9-10,21H,5-8,11,18H2. The van der Waals surface area contributed by atoms with Gasteiger partial charge in [0.05, 0.1) is 6.26 Å². The Morgan fingerprint density at radius 2 is 1.96 bits per heavy atom. The van der Waals surface area contributed by atoms with Crippen molar-refractivity contribution in [2.24, 2.45) is 0 Å². The number of piperazine rings is 1. The fourth-order valence-corrected chi connectivity index (χ4v) is 3.83. The molecule has 8 heteroatoms. The maximum absolute atomic E-state index is 12.3. The number of nitrogens with zero attached hydrogens (tertiary/aromatic N) is 2. The lowest BCUT2D eigenvalue weighted by Gasteiger charge is -2.35. The van der Waals surface area contributed by atoms with Crippen molar-refractivity contribution < 1.29 is 14.3 Å². The van der Waals surface area contributed by atoms with Gasteiger partial charge in [0.25, 0.3) is 5.91 Å². The van der Waals surface area contributed by atoms with Gasteiger partial charge >= 0.3 is 0 Å². The summed E-state index contributed by atoms with van der Waals surface area (Å²) in [6, 6.07) is 8.39. The molecule has 0 saturated carbocycles. The average Bonchev–Trinajstić information content (AvgIpc) is 3.16. The molecule has 1 aromatic carbocycles. The van der Waals surface area contributed by atoms with Gasteiger partial charge in [-0.15, -0.1) is 0 Å². The van der Waals surface area contributed by atoms with Crippen LogP contribution in [-0.4, -0.2) is 51.3 Å². The van der Waals surface area contributed by atoms with Gasteiger partial charge in [0.1, 0.15) is 10.1 Å². The number of phenolic OH excluding ortho intramolecular Hbond substituents is 1. The van der Waals surface area contributed by atoms with Crippen LogP contribution in [0.15, 0.2) is 41.0 Å². The van der Waals surface area contributed by atoms with Crippen LogP contribution >= 0.6 is 24.0 Å². The molecule has 0 aliphatic carbocycles. The van der Waals surface area contributed by atoms with Gasteiger partial charge in [0.15, 0.2) is 5.76 Å². The number of hydrogen-bond acceptors (Lipinski definition) is 6. The first kappa shape index (κ1) is 17.6. The van der Waals surface area contributed by atoms with Gasteiger partial charge < -0.3 is 25.1 Å². The lowest BCUT2D eigenvalue weighted by Crippen LogP contribution is -2.49. The average molecular weight is 377 g/mol. The number of nitrogen functional groups attached to an aromatic ring is 1. The fourth-order valence-electron chi connectivity index (χ4n) is 2.60. The summed E-state index contributed by atoms with van der Waals surface area (Å²) in [4.78, 5) is 16.1. The van der Waals surface area contributed by atoms with E-state index in [1.54, 1.807) is 35.2 Å². The van der Waals surface area contributed by atoms with Crippen LogP contribution in [0.3, 0.4) is 0 Å². The highest BCUT2D eigenvalue weighted by Crippen LogP contribution is 2.26. The summed E-state index contributed by atoms with van der Waals surface area (Å²) in [7, 11) is 0. The summed E-state index contributed by atoms with van der Waals surface area (Å²) >= 11 is 6.97. The minimum absolute atomic E-state index is 0.0899. The number of furan rings is 1. The van der Waals surface area contributed by atoms with Gasteiger partial charge in [-0.3, -0.25) is 4.79 Å². The third-order valence-corrected chi connectivity index (χ3v) is 5.58. The summed E-state index contributed by atoms with van der Waals surface area (Å²) in [5, 5.41) is 9.87. The maximum atomic E-state index is 12.3. The second-order valence-corrected chi connectivity index (χ2v) is 7.31. The van der Waals surface area contributed by atoms with E-state index in [2.05, 4.69) is 4.90 Å². The molecule has 1 fully saturated rings. The molecule has 3 rings (SSSR count). The summed E-state index contributed by atoms with van der Waals surface area (Å²) in [5.74, 6) is 1.05. The second kappa shape index (κ2) is 7.79. The van der Waals surface area contributed by atoms with E-state index in [4.69, 9.17) is 22.4 Å². The molecule has 0 atom stereocenters. The minimum atomic E-state index is -0.0899. The van der Waals surface area contributed by atoms with Crippen molar-refractivity contribution in [2.75, 3.05) is 31.9 Å². The molecule has 25 heavy (non-hydrogen) atoms. The monoisotopic (exact) mass is 377 g/mol. The maximum Gasteiger partial charge on any atom is 0.289 e. The molecule has 3 N–H and O–H groups in total. The number of thiocarbonyl (C=S) groups is 1.